The van der Waals surface area contributed by atoms with E-state index in [1.54, 1.807) is 0 Å². The van der Waals surface area contributed by atoms with Crippen molar-refractivity contribution in [2.24, 2.45) is 0 Å². The molecule has 0 spiro atoms. The molecule has 0 radical (unpaired) electrons. The molecule has 5 nitrogen and oxygen atoms in total. The van der Waals surface area contributed by atoms with E-state index in [-0.39, 0.29) is 5.41 Å². The third-order valence-electron chi connectivity index (χ3n) is 6.83. The summed E-state index contributed by atoms with van der Waals surface area (Å²) in [6, 6.07) is 14.8. The molecule has 1 saturated heterocycles. The molecule has 2 aromatic carbocycles. The van der Waals surface area contributed by atoms with Crippen molar-refractivity contribution in [3.05, 3.63) is 76.6 Å². The highest BCUT2D eigenvalue weighted by Crippen LogP contribution is 2.39. The van der Waals surface area contributed by atoms with Crippen molar-refractivity contribution in [2.45, 2.75) is 38.3 Å². The van der Waals surface area contributed by atoms with Gasteiger partial charge in [-0.1, -0.05) is 55.4 Å². The number of hydrogen-bond donors (Lipinski definition) is 0. The second-order valence-electron chi connectivity index (χ2n) is 9.04. The highest BCUT2D eigenvalue weighted by molar-refractivity contribution is 6.30. The summed E-state index contributed by atoms with van der Waals surface area (Å²) in [5, 5.41) is 9.97. The maximum absolute atomic E-state index is 6.31. The molecule has 0 bridgehead atoms. The van der Waals surface area contributed by atoms with Gasteiger partial charge in [0.2, 0.25) is 5.95 Å². The third-order valence-corrected chi connectivity index (χ3v) is 7.06. The van der Waals surface area contributed by atoms with E-state index in [0.29, 0.717) is 0 Å². The molecule has 0 N–H and O–H groups in total. The fourth-order valence-electron chi connectivity index (χ4n) is 5.04. The minimum atomic E-state index is 0.134. The lowest BCUT2D eigenvalue weighted by atomic mass is 9.73. The number of anilines is 1. The standard InChI is InChI=1S/C25H28ClN5/c1-4-18-7-5-6-8-21(18)25(2)11-13-30(14-12-25)24-28-27-23-17-29(3)16-19-15-20(26)9-10-22(19)31(23)24/h4-10,15H,1,11-14,16-17H2,2-3H3. The summed E-state index contributed by atoms with van der Waals surface area (Å²) in [6.07, 6.45) is 4.10. The van der Waals surface area contributed by atoms with Gasteiger partial charge in [-0.3, -0.25) is 9.47 Å². The average molecular weight is 434 g/mol. The van der Waals surface area contributed by atoms with Crippen molar-refractivity contribution in [2.75, 3.05) is 25.0 Å². The molecule has 0 aliphatic carbocycles. The number of nitrogens with zero attached hydrogens (tertiary/aromatic N) is 5. The van der Waals surface area contributed by atoms with Gasteiger partial charge in [0.1, 0.15) is 0 Å². The molecule has 1 fully saturated rings. The van der Waals surface area contributed by atoms with Crippen LogP contribution >= 0.6 is 11.6 Å². The number of rotatable bonds is 3. The Kier molecular flexibility index (Phi) is 5.11. The zero-order valence-corrected chi connectivity index (χ0v) is 18.9. The molecule has 3 aromatic rings. The molecular weight excluding hydrogens is 406 g/mol. The zero-order valence-electron chi connectivity index (χ0n) is 18.2. The van der Waals surface area contributed by atoms with Gasteiger partial charge >= 0.3 is 0 Å². The van der Waals surface area contributed by atoms with Crippen LogP contribution in [-0.4, -0.2) is 39.8 Å². The number of benzene rings is 2. The monoisotopic (exact) mass is 433 g/mol. The van der Waals surface area contributed by atoms with Gasteiger partial charge < -0.3 is 4.90 Å². The van der Waals surface area contributed by atoms with Crippen LogP contribution in [0.4, 0.5) is 5.95 Å². The first-order chi connectivity index (χ1) is 15.0. The Bertz CT molecular complexity index is 1130. The minimum absolute atomic E-state index is 0.134. The van der Waals surface area contributed by atoms with Crippen LogP contribution in [0, 0.1) is 0 Å². The van der Waals surface area contributed by atoms with Gasteiger partial charge in [-0.25, -0.2) is 0 Å². The first kappa shape index (κ1) is 20.3. The molecule has 0 amide bonds. The van der Waals surface area contributed by atoms with Crippen LogP contribution in [0.2, 0.25) is 5.02 Å². The first-order valence-electron chi connectivity index (χ1n) is 10.9. The Morgan fingerprint density at radius 2 is 1.84 bits per heavy atom. The molecule has 2 aliphatic heterocycles. The Hall–Kier alpha value is -2.63. The van der Waals surface area contributed by atoms with Crippen LogP contribution in [0.3, 0.4) is 0 Å². The molecule has 6 heteroatoms. The molecule has 0 saturated carbocycles. The number of halogens is 1. The van der Waals surface area contributed by atoms with E-state index in [4.69, 9.17) is 11.6 Å². The molecular formula is C25H28ClN5. The molecule has 31 heavy (non-hydrogen) atoms. The fourth-order valence-corrected chi connectivity index (χ4v) is 5.24. The SMILES string of the molecule is C=Cc1ccccc1C1(C)CCN(c2nnc3n2-c2ccc(Cl)cc2CN(C)C3)CC1. The maximum Gasteiger partial charge on any atom is 0.231 e. The lowest BCUT2D eigenvalue weighted by molar-refractivity contribution is 0.315. The number of piperidine rings is 1. The summed E-state index contributed by atoms with van der Waals surface area (Å²) in [6.45, 7) is 9.89. The van der Waals surface area contributed by atoms with E-state index in [9.17, 15) is 0 Å². The first-order valence-corrected chi connectivity index (χ1v) is 11.2. The Balaban J connectivity index is 1.47. The summed E-state index contributed by atoms with van der Waals surface area (Å²) >= 11 is 6.31. The van der Waals surface area contributed by atoms with E-state index < -0.39 is 0 Å². The van der Waals surface area contributed by atoms with Crippen molar-refractivity contribution < 1.29 is 0 Å². The van der Waals surface area contributed by atoms with Gasteiger partial charge in [-0.05, 0) is 60.2 Å². The van der Waals surface area contributed by atoms with Crippen molar-refractivity contribution in [3.8, 4) is 5.69 Å². The molecule has 5 rings (SSSR count). The van der Waals surface area contributed by atoms with Crippen LogP contribution in [0.5, 0.6) is 0 Å². The van der Waals surface area contributed by atoms with Gasteiger partial charge in [0.05, 0.1) is 12.2 Å². The summed E-state index contributed by atoms with van der Waals surface area (Å²) in [5.41, 5.74) is 5.11. The van der Waals surface area contributed by atoms with Gasteiger partial charge in [0.15, 0.2) is 5.82 Å². The Labute approximate surface area is 189 Å². The molecule has 0 atom stereocenters. The number of aromatic nitrogens is 3. The van der Waals surface area contributed by atoms with E-state index in [1.165, 1.54) is 16.7 Å². The second-order valence-corrected chi connectivity index (χ2v) is 9.47. The van der Waals surface area contributed by atoms with Crippen molar-refractivity contribution in [1.29, 1.82) is 0 Å². The zero-order chi connectivity index (χ0) is 21.6. The molecule has 160 valence electrons. The average Bonchev–Trinajstić information content (AvgIpc) is 3.11. The van der Waals surface area contributed by atoms with Crippen molar-refractivity contribution >= 4 is 23.6 Å². The summed E-state index contributed by atoms with van der Waals surface area (Å²) in [4.78, 5) is 4.64. The van der Waals surface area contributed by atoms with Crippen LogP contribution in [0.25, 0.3) is 11.8 Å². The van der Waals surface area contributed by atoms with Gasteiger partial charge in [0, 0.05) is 24.7 Å². The van der Waals surface area contributed by atoms with Crippen molar-refractivity contribution in [3.63, 3.8) is 0 Å². The van der Waals surface area contributed by atoms with Crippen LogP contribution in [-0.2, 0) is 18.5 Å². The summed E-state index contributed by atoms with van der Waals surface area (Å²) in [5.74, 6) is 1.91. The van der Waals surface area contributed by atoms with E-state index in [2.05, 4.69) is 81.5 Å². The van der Waals surface area contributed by atoms with Gasteiger partial charge in [0.25, 0.3) is 0 Å². The Morgan fingerprint density at radius 1 is 1.06 bits per heavy atom. The molecule has 2 aliphatic rings. The van der Waals surface area contributed by atoms with E-state index in [0.717, 1.165) is 61.5 Å². The maximum atomic E-state index is 6.31. The lowest BCUT2D eigenvalue weighted by Crippen LogP contribution is -2.42. The summed E-state index contributed by atoms with van der Waals surface area (Å²) < 4.78 is 2.23. The quantitative estimate of drug-likeness (QED) is 0.578. The van der Waals surface area contributed by atoms with Crippen molar-refractivity contribution in [1.82, 2.24) is 19.7 Å². The predicted octanol–water partition coefficient (Wildman–Crippen LogP) is 5.07. The number of hydrogen-bond acceptors (Lipinski definition) is 4. The molecule has 1 aromatic heterocycles. The van der Waals surface area contributed by atoms with Crippen LogP contribution in [0.15, 0.2) is 49.0 Å². The van der Waals surface area contributed by atoms with Crippen LogP contribution < -0.4 is 4.90 Å². The second kappa shape index (κ2) is 7.81. The largest absolute Gasteiger partial charge is 0.341 e. The van der Waals surface area contributed by atoms with E-state index >= 15 is 0 Å². The Morgan fingerprint density at radius 3 is 2.61 bits per heavy atom. The minimum Gasteiger partial charge on any atom is -0.341 e. The lowest BCUT2D eigenvalue weighted by Gasteiger charge is -2.41. The van der Waals surface area contributed by atoms with E-state index in [1.807, 2.05) is 12.1 Å². The smallest absolute Gasteiger partial charge is 0.231 e. The normalized spacial score (nSPS) is 18.2. The third kappa shape index (κ3) is 3.56. The molecule has 3 heterocycles. The number of fused-ring (bicyclic) bond motifs is 3. The predicted molar refractivity (Wildman–Crippen MR) is 127 cm³/mol. The molecule has 0 unspecified atom stereocenters. The highest BCUT2D eigenvalue weighted by Gasteiger charge is 2.35. The van der Waals surface area contributed by atoms with Gasteiger partial charge in [-0.2, -0.15) is 0 Å². The van der Waals surface area contributed by atoms with Crippen LogP contribution in [0.1, 0.15) is 42.3 Å². The highest BCUT2D eigenvalue weighted by atomic mass is 35.5. The fraction of sp³-hybridized carbons (Fsp3) is 0.360. The summed E-state index contributed by atoms with van der Waals surface area (Å²) in [7, 11) is 2.11. The van der Waals surface area contributed by atoms with Gasteiger partial charge in [-0.15, -0.1) is 10.2 Å². The topological polar surface area (TPSA) is 37.2 Å².